The van der Waals surface area contributed by atoms with Gasteiger partial charge in [0.05, 0.1) is 16.7 Å². The minimum absolute atomic E-state index is 0.0609. The van der Waals surface area contributed by atoms with Gasteiger partial charge in [-0.3, -0.25) is 9.10 Å². The largest absolute Gasteiger partial charge is 0.491 e. The SMILES string of the molecule is CC(C)Oc1ccc(CCCNC(=O)CN2c3ccc(F)cc3-c3ccccc3S2(=O)=O)cc1. The van der Waals surface area contributed by atoms with E-state index in [4.69, 9.17) is 4.74 Å². The molecule has 0 atom stereocenters. The van der Waals surface area contributed by atoms with Crippen LogP contribution in [0.15, 0.2) is 71.6 Å². The van der Waals surface area contributed by atoms with E-state index in [-0.39, 0.29) is 17.5 Å². The Labute approximate surface area is 199 Å². The monoisotopic (exact) mass is 482 g/mol. The minimum atomic E-state index is -3.95. The molecule has 6 nitrogen and oxygen atoms in total. The Hall–Kier alpha value is -3.39. The van der Waals surface area contributed by atoms with Gasteiger partial charge >= 0.3 is 0 Å². The van der Waals surface area contributed by atoms with E-state index in [0.29, 0.717) is 29.8 Å². The molecule has 1 heterocycles. The summed E-state index contributed by atoms with van der Waals surface area (Å²) >= 11 is 0. The van der Waals surface area contributed by atoms with Crippen LogP contribution in [0.1, 0.15) is 25.8 Å². The highest BCUT2D eigenvalue weighted by Gasteiger charge is 2.35. The first-order valence-electron chi connectivity index (χ1n) is 11.2. The standard InChI is InChI=1S/C26H27FN2O4S/c1-18(2)33-21-12-9-19(10-13-21)6-5-15-28-26(30)17-29-24-14-11-20(27)16-23(24)22-7-3-4-8-25(22)34(29,31)32/h3-4,7-14,16,18H,5-6,15,17H2,1-2H3,(H,28,30). The second-order valence-electron chi connectivity index (χ2n) is 8.43. The summed E-state index contributed by atoms with van der Waals surface area (Å²) < 4.78 is 47.1. The molecule has 8 heteroatoms. The highest BCUT2D eigenvalue weighted by atomic mass is 32.2. The van der Waals surface area contributed by atoms with Crippen LogP contribution < -0.4 is 14.4 Å². The summed E-state index contributed by atoms with van der Waals surface area (Å²) in [4.78, 5) is 12.7. The van der Waals surface area contributed by atoms with Crippen LogP contribution >= 0.6 is 0 Å². The normalized spacial score (nSPS) is 13.8. The second kappa shape index (κ2) is 9.85. The summed E-state index contributed by atoms with van der Waals surface area (Å²) in [5.41, 5.74) is 2.29. The minimum Gasteiger partial charge on any atom is -0.491 e. The molecule has 0 radical (unpaired) electrons. The summed E-state index contributed by atoms with van der Waals surface area (Å²) in [5.74, 6) is -0.0727. The number of hydrogen-bond donors (Lipinski definition) is 1. The molecule has 1 aliphatic rings. The highest BCUT2D eigenvalue weighted by Crippen LogP contribution is 2.42. The van der Waals surface area contributed by atoms with Crippen molar-refractivity contribution in [2.24, 2.45) is 0 Å². The molecular formula is C26H27FN2O4S. The lowest BCUT2D eigenvalue weighted by atomic mass is 10.0. The first kappa shape index (κ1) is 23.8. The molecule has 1 N–H and O–H groups in total. The number of nitrogens with one attached hydrogen (secondary N) is 1. The Morgan fingerprint density at radius 2 is 1.76 bits per heavy atom. The molecular weight excluding hydrogens is 455 g/mol. The molecule has 0 aliphatic carbocycles. The van der Waals surface area contributed by atoms with Gasteiger partial charge in [-0.25, -0.2) is 12.8 Å². The summed E-state index contributed by atoms with van der Waals surface area (Å²) in [6.07, 6.45) is 1.58. The number of rotatable bonds is 8. The molecule has 0 spiro atoms. The van der Waals surface area contributed by atoms with E-state index in [9.17, 15) is 17.6 Å². The lowest BCUT2D eigenvalue weighted by molar-refractivity contribution is -0.119. The molecule has 4 rings (SSSR count). The van der Waals surface area contributed by atoms with Crippen LogP contribution in [0.5, 0.6) is 5.75 Å². The summed E-state index contributed by atoms with van der Waals surface area (Å²) in [5, 5.41) is 2.80. The number of benzene rings is 3. The number of amides is 1. The molecule has 34 heavy (non-hydrogen) atoms. The van der Waals surface area contributed by atoms with Gasteiger partial charge < -0.3 is 10.1 Å². The molecule has 3 aromatic rings. The van der Waals surface area contributed by atoms with Crippen molar-refractivity contribution in [3.63, 3.8) is 0 Å². The van der Waals surface area contributed by atoms with Crippen LogP contribution in [0.25, 0.3) is 11.1 Å². The predicted octanol–water partition coefficient (Wildman–Crippen LogP) is 4.54. The van der Waals surface area contributed by atoms with Crippen molar-refractivity contribution in [3.8, 4) is 16.9 Å². The van der Waals surface area contributed by atoms with Crippen molar-refractivity contribution in [2.75, 3.05) is 17.4 Å². The fourth-order valence-electron chi connectivity index (χ4n) is 3.99. The fourth-order valence-corrected chi connectivity index (χ4v) is 5.64. The number of nitrogens with zero attached hydrogens (tertiary/aromatic N) is 1. The summed E-state index contributed by atoms with van der Waals surface area (Å²) in [7, 11) is -3.95. The van der Waals surface area contributed by atoms with Gasteiger partial charge in [-0.05, 0) is 68.7 Å². The number of ether oxygens (including phenoxy) is 1. The van der Waals surface area contributed by atoms with Crippen LogP contribution in [0.3, 0.4) is 0 Å². The van der Waals surface area contributed by atoms with E-state index >= 15 is 0 Å². The lowest BCUT2D eigenvalue weighted by Gasteiger charge is -2.31. The molecule has 0 unspecified atom stereocenters. The van der Waals surface area contributed by atoms with Gasteiger partial charge in [0.2, 0.25) is 5.91 Å². The molecule has 0 saturated heterocycles. The molecule has 178 valence electrons. The van der Waals surface area contributed by atoms with Crippen LogP contribution in [0, 0.1) is 5.82 Å². The Balaban J connectivity index is 1.39. The summed E-state index contributed by atoms with van der Waals surface area (Å²) in [6.45, 7) is 3.98. The number of sulfonamides is 1. The van der Waals surface area contributed by atoms with Crippen LogP contribution in [0.2, 0.25) is 0 Å². The first-order chi connectivity index (χ1) is 16.3. The van der Waals surface area contributed by atoms with Crippen LogP contribution in [-0.4, -0.2) is 33.5 Å². The smallest absolute Gasteiger partial charge is 0.265 e. The maximum absolute atomic E-state index is 13.9. The third kappa shape index (κ3) is 5.07. The van der Waals surface area contributed by atoms with E-state index in [1.807, 2.05) is 38.1 Å². The highest BCUT2D eigenvalue weighted by molar-refractivity contribution is 7.93. The zero-order chi connectivity index (χ0) is 24.3. The topological polar surface area (TPSA) is 75.7 Å². The fraction of sp³-hybridized carbons (Fsp3) is 0.269. The molecule has 1 amide bonds. The molecule has 0 bridgehead atoms. The van der Waals surface area contributed by atoms with Gasteiger partial charge in [0, 0.05) is 17.7 Å². The van der Waals surface area contributed by atoms with E-state index in [2.05, 4.69) is 5.32 Å². The van der Waals surface area contributed by atoms with Gasteiger partial charge in [-0.1, -0.05) is 30.3 Å². The van der Waals surface area contributed by atoms with Gasteiger partial charge in [-0.2, -0.15) is 0 Å². The van der Waals surface area contributed by atoms with Crippen molar-refractivity contribution in [3.05, 3.63) is 78.1 Å². The Morgan fingerprint density at radius 1 is 1.03 bits per heavy atom. The third-order valence-corrected chi connectivity index (χ3v) is 7.34. The average molecular weight is 483 g/mol. The summed E-state index contributed by atoms with van der Waals surface area (Å²) in [6, 6.07) is 18.2. The molecule has 3 aromatic carbocycles. The molecule has 0 aromatic heterocycles. The molecule has 0 saturated carbocycles. The Kier molecular flexibility index (Phi) is 6.88. The average Bonchev–Trinajstić information content (AvgIpc) is 2.80. The second-order valence-corrected chi connectivity index (χ2v) is 10.3. The number of anilines is 1. The molecule has 1 aliphatic heterocycles. The van der Waals surface area contributed by atoms with Crippen LogP contribution in [-0.2, 0) is 21.2 Å². The van der Waals surface area contributed by atoms with Crippen molar-refractivity contribution >= 4 is 21.6 Å². The third-order valence-electron chi connectivity index (χ3n) is 5.52. The Morgan fingerprint density at radius 3 is 2.50 bits per heavy atom. The van der Waals surface area contributed by atoms with Crippen molar-refractivity contribution in [1.82, 2.24) is 5.32 Å². The van der Waals surface area contributed by atoms with E-state index in [0.717, 1.165) is 22.0 Å². The van der Waals surface area contributed by atoms with Gasteiger partial charge in [0.25, 0.3) is 10.0 Å². The van der Waals surface area contributed by atoms with E-state index in [1.54, 1.807) is 18.2 Å². The Bertz CT molecular complexity index is 1290. The quantitative estimate of drug-likeness (QED) is 0.479. The van der Waals surface area contributed by atoms with Gasteiger partial charge in [0.1, 0.15) is 18.1 Å². The van der Waals surface area contributed by atoms with Gasteiger partial charge in [-0.15, -0.1) is 0 Å². The van der Waals surface area contributed by atoms with E-state index in [1.165, 1.54) is 24.3 Å². The zero-order valence-corrected chi connectivity index (χ0v) is 19.9. The number of fused-ring (bicyclic) bond motifs is 3. The number of halogens is 1. The van der Waals surface area contributed by atoms with Gasteiger partial charge in [0.15, 0.2) is 0 Å². The van der Waals surface area contributed by atoms with E-state index < -0.39 is 21.7 Å². The lowest BCUT2D eigenvalue weighted by Crippen LogP contribution is -2.42. The maximum Gasteiger partial charge on any atom is 0.265 e. The number of carbonyl (C=O) groups excluding carboxylic acids is 1. The predicted molar refractivity (Wildman–Crippen MR) is 130 cm³/mol. The van der Waals surface area contributed by atoms with Crippen LogP contribution in [0.4, 0.5) is 10.1 Å². The zero-order valence-electron chi connectivity index (χ0n) is 19.1. The number of carbonyl (C=O) groups is 1. The van der Waals surface area contributed by atoms with Crippen molar-refractivity contribution in [1.29, 1.82) is 0 Å². The van der Waals surface area contributed by atoms with Crippen molar-refractivity contribution < 1.29 is 22.3 Å². The van der Waals surface area contributed by atoms with Crippen molar-refractivity contribution in [2.45, 2.75) is 37.7 Å². The first-order valence-corrected chi connectivity index (χ1v) is 12.6. The number of aryl methyl sites for hydroxylation is 1. The maximum atomic E-state index is 13.9. The number of hydrogen-bond acceptors (Lipinski definition) is 4. The molecule has 0 fully saturated rings.